The molecule has 0 amide bonds. The fraction of sp³-hybridized carbons (Fsp3) is 0.300. The van der Waals surface area contributed by atoms with Crippen molar-refractivity contribution in [3.8, 4) is 5.75 Å². The van der Waals surface area contributed by atoms with E-state index in [1.54, 1.807) is 6.07 Å². The molecular formula is C10H10BrFO2. The summed E-state index contributed by atoms with van der Waals surface area (Å²) < 4.78 is 19.1. The van der Waals surface area contributed by atoms with E-state index in [2.05, 4.69) is 15.9 Å². The second-order valence-electron chi connectivity index (χ2n) is 2.75. The number of methoxy groups -OCH3 is 1. The number of hydrogen-bond acceptors (Lipinski definition) is 2. The van der Waals surface area contributed by atoms with Crippen LogP contribution < -0.4 is 4.74 Å². The second kappa shape index (κ2) is 5.10. The summed E-state index contributed by atoms with van der Waals surface area (Å²) in [4.78, 5) is 10.2. The van der Waals surface area contributed by atoms with E-state index in [-0.39, 0.29) is 5.82 Å². The minimum atomic E-state index is -0.341. The first-order chi connectivity index (χ1) is 6.70. The van der Waals surface area contributed by atoms with Crippen LogP contribution in [0.2, 0.25) is 0 Å². The van der Waals surface area contributed by atoms with Crippen molar-refractivity contribution < 1.29 is 13.9 Å². The summed E-state index contributed by atoms with van der Waals surface area (Å²) in [5.41, 5.74) is 0.439. The Morgan fingerprint density at radius 2 is 2.29 bits per heavy atom. The van der Waals surface area contributed by atoms with Gasteiger partial charge in [0, 0.05) is 12.0 Å². The third-order valence-corrected chi connectivity index (χ3v) is 2.50. The molecular weight excluding hydrogens is 251 g/mol. The topological polar surface area (TPSA) is 26.3 Å². The summed E-state index contributed by atoms with van der Waals surface area (Å²) in [6.45, 7) is 0. The van der Waals surface area contributed by atoms with E-state index in [0.29, 0.717) is 28.6 Å². The molecule has 0 saturated carbocycles. The van der Waals surface area contributed by atoms with Gasteiger partial charge in [-0.2, -0.15) is 0 Å². The van der Waals surface area contributed by atoms with E-state index < -0.39 is 0 Å². The molecule has 14 heavy (non-hydrogen) atoms. The second-order valence-corrected chi connectivity index (χ2v) is 3.60. The lowest BCUT2D eigenvalue weighted by atomic mass is 10.1. The molecule has 0 aliphatic rings. The first-order valence-corrected chi connectivity index (χ1v) is 4.94. The standard InChI is InChI=1S/C10H10BrFO2/c1-14-10-7(3-2-6-13)9(12)5-4-8(10)11/h4-6H,2-3H2,1H3. The van der Waals surface area contributed by atoms with Gasteiger partial charge in [0.25, 0.3) is 0 Å². The van der Waals surface area contributed by atoms with Crippen LogP contribution in [0.3, 0.4) is 0 Å². The first-order valence-electron chi connectivity index (χ1n) is 4.15. The van der Waals surface area contributed by atoms with Crippen molar-refractivity contribution >= 4 is 22.2 Å². The maximum atomic E-state index is 13.3. The van der Waals surface area contributed by atoms with Gasteiger partial charge in [-0.15, -0.1) is 0 Å². The number of hydrogen-bond donors (Lipinski definition) is 0. The SMILES string of the molecule is COc1c(Br)ccc(F)c1CCC=O. The number of halogens is 2. The van der Waals surface area contributed by atoms with Gasteiger partial charge in [-0.1, -0.05) is 0 Å². The van der Waals surface area contributed by atoms with Crippen molar-refractivity contribution in [2.75, 3.05) is 7.11 Å². The van der Waals surface area contributed by atoms with Crippen molar-refractivity contribution in [1.82, 2.24) is 0 Å². The fourth-order valence-electron chi connectivity index (χ4n) is 1.23. The molecule has 0 spiro atoms. The van der Waals surface area contributed by atoms with Crippen LogP contribution >= 0.6 is 15.9 Å². The Kier molecular flexibility index (Phi) is 4.07. The van der Waals surface area contributed by atoms with Crippen molar-refractivity contribution in [3.63, 3.8) is 0 Å². The van der Waals surface area contributed by atoms with Crippen molar-refractivity contribution in [1.29, 1.82) is 0 Å². The Hall–Kier alpha value is -0.900. The molecule has 76 valence electrons. The summed E-state index contributed by atoms with van der Waals surface area (Å²) in [7, 11) is 1.48. The third-order valence-electron chi connectivity index (χ3n) is 1.87. The van der Waals surface area contributed by atoms with Gasteiger partial charge in [-0.25, -0.2) is 4.39 Å². The maximum absolute atomic E-state index is 13.3. The van der Waals surface area contributed by atoms with Gasteiger partial charge in [-0.3, -0.25) is 0 Å². The molecule has 0 fully saturated rings. The molecule has 0 saturated heterocycles. The molecule has 4 heteroatoms. The highest BCUT2D eigenvalue weighted by Gasteiger charge is 2.12. The Morgan fingerprint density at radius 3 is 2.86 bits per heavy atom. The number of ether oxygens (including phenoxy) is 1. The number of aldehydes is 1. The summed E-state index contributed by atoms with van der Waals surface area (Å²) in [5.74, 6) is 0.124. The lowest BCUT2D eigenvalue weighted by Gasteiger charge is -2.09. The molecule has 0 bridgehead atoms. The summed E-state index contributed by atoms with van der Waals surface area (Å²) in [5, 5.41) is 0. The van der Waals surface area contributed by atoms with Gasteiger partial charge in [-0.05, 0) is 34.5 Å². The predicted octanol–water partition coefficient (Wildman–Crippen LogP) is 2.73. The minimum Gasteiger partial charge on any atom is -0.495 e. The summed E-state index contributed by atoms with van der Waals surface area (Å²) in [6, 6.07) is 2.94. The number of carbonyl (C=O) groups excluding carboxylic acids is 1. The smallest absolute Gasteiger partial charge is 0.139 e. The lowest BCUT2D eigenvalue weighted by molar-refractivity contribution is -0.107. The van der Waals surface area contributed by atoms with E-state index in [4.69, 9.17) is 4.74 Å². The van der Waals surface area contributed by atoms with Gasteiger partial charge < -0.3 is 9.53 Å². The highest BCUT2D eigenvalue weighted by molar-refractivity contribution is 9.10. The van der Waals surface area contributed by atoms with Gasteiger partial charge in [0.1, 0.15) is 17.9 Å². The number of rotatable bonds is 4. The van der Waals surface area contributed by atoms with E-state index in [1.165, 1.54) is 13.2 Å². The molecule has 0 atom stereocenters. The monoisotopic (exact) mass is 260 g/mol. The molecule has 0 heterocycles. The molecule has 1 aromatic carbocycles. The Labute approximate surface area is 90.2 Å². The molecule has 1 rings (SSSR count). The van der Waals surface area contributed by atoms with Crippen LogP contribution in [0.4, 0.5) is 4.39 Å². The molecule has 0 aliphatic heterocycles. The van der Waals surface area contributed by atoms with Gasteiger partial charge in [0.05, 0.1) is 11.6 Å². The quantitative estimate of drug-likeness (QED) is 0.779. The zero-order chi connectivity index (χ0) is 10.6. The van der Waals surface area contributed by atoms with Gasteiger partial charge in [0.15, 0.2) is 0 Å². The summed E-state index contributed by atoms with van der Waals surface area (Å²) >= 11 is 3.25. The van der Waals surface area contributed by atoms with Crippen LogP contribution in [0.5, 0.6) is 5.75 Å². The van der Waals surface area contributed by atoms with Gasteiger partial charge in [0.2, 0.25) is 0 Å². The molecule has 1 aromatic rings. The molecule has 0 N–H and O–H groups in total. The number of carbonyl (C=O) groups is 1. The van der Waals surface area contributed by atoms with Crippen LogP contribution in [0, 0.1) is 5.82 Å². The van der Waals surface area contributed by atoms with Crippen molar-refractivity contribution in [3.05, 3.63) is 28.0 Å². The molecule has 0 radical (unpaired) electrons. The van der Waals surface area contributed by atoms with Crippen LogP contribution in [0.15, 0.2) is 16.6 Å². The zero-order valence-corrected chi connectivity index (χ0v) is 9.30. The average molecular weight is 261 g/mol. The van der Waals surface area contributed by atoms with Crippen LogP contribution in [-0.2, 0) is 11.2 Å². The molecule has 2 nitrogen and oxygen atoms in total. The Bertz CT molecular complexity index is 339. The summed E-state index contributed by atoms with van der Waals surface area (Å²) in [6.07, 6.45) is 1.42. The number of benzene rings is 1. The van der Waals surface area contributed by atoms with Crippen LogP contribution in [0.1, 0.15) is 12.0 Å². The molecule has 0 unspecified atom stereocenters. The van der Waals surface area contributed by atoms with Gasteiger partial charge >= 0.3 is 0 Å². The maximum Gasteiger partial charge on any atom is 0.139 e. The van der Waals surface area contributed by atoms with Crippen LogP contribution in [0.25, 0.3) is 0 Å². The van der Waals surface area contributed by atoms with Crippen molar-refractivity contribution in [2.24, 2.45) is 0 Å². The average Bonchev–Trinajstić information content (AvgIpc) is 2.19. The lowest BCUT2D eigenvalue weighted by Crippen LogP contribution is -1.97. The zero-order valence-electron chi connectivity index (χ0n) is 7.72. The highest BCUT2D eigenvalue weighted by atomic mass is 79.9. The minimum absolute atomic E-state index is 0.295. The predicted molar refractivity (Wildman–Crippen MR) is 55.0 cm³/mol. The molecule has 0 aromatic heterocycles. The van der Waals surface area contributed by atoms with Crippen LogP contribution in [-0.4, -0.2) is 13.4 Å². The Morgan fingerprint density at radius 1 is 1.57 bits per heavy atom. The third kappa shape index (κ3) is 2.32. The fourth-order valence-corrected chi connectivity index (χ4v) is 1.77. The van der Waals surface area contributed by atoms with E-state index in [9.17, 15) is 9.18 Å². The highest BCUT2D eigenvalue weighted by Crippen LogP contribution is 2.31. The normalized spacial score (nSPS) is 9.93. The largest absolute Gasteiger partial charge is 0.495 e. The Balaban J connectivity index is 3.08. The van der Waals surface area contributed by atoms with E-state index >= 15 is 0 Å². The first kappa shape index (κ1) is 11.2. The van der Waals surface area contributed by atoms with Crippen molar-refractivity contribution in [2.45, 2.75) is 12.8 Å². The molecule has 0 aliphatic carbocycles. The van der Waals surface area contributed by atoms with E-state index in [1.807, 2.05) is 0 Å². The van der Waals surface area contributed by atoms with E-state index in [0.717, 1.165) is 6.29 Å².